The number of nitrogens with zero attached hydrogens (tertiary/aromatic N) is 1. The van der Waals surface area contributed by atoms with E-state index >= 15 is 0 Å². The van der Waals surface area contributed by atoms with Crippen LogP contribution in [0, 0.1) is 0 Å². The Morgan fingerprint density at radius 2 is 2.15 bits per heavy atom. The van der Waals surface area contributed by atoms with Crippen molar-refractivity contribution in [3.05, 3.63) is 36.6 Å². The molecule has 1 aliphatic heterocycles. The summed E-state index contributed by atoms with van der Waals surface area (Å²) in [7, 11) is -0.853. The van der Waals surface area contributed by atoms with E-state index in [0.29, 0.717) is 0 Å². The topological polar surface area (TPSA) is 20.3 Å². The van der Waals surface area contributed by atoms with Gasteiger partial charge in [0.1, 0.15) is 11.0 Å². The van der Waals surface area contributed by atoms with Gasteiger partial charge in [-0.2, -0.15) is 0 Å². The van der Waals surface area contributed by atoms with Gasteiger partial charge in [-0.3, -0.25) is 4.31 Å². The number of allylic oxidation sites excluding steroid dienone is 3. The molecule has 72 valence electrons. The van der Waals surface area contributed by atoms with E-state index in [9.17, 15) is 4.21 Å². The third kappa shape index (κ3) is 2.84. The Morgan fingerprint density at radius 1 is 1.46 bits per heavy atom. The van der Waals surface area contributed by atoms with Crippen molar-refractivity contribution in [1.29, 1.82) is 0 Å². The van der Waals surface area contributed by atoms with Crippen LogP contribution in [-0.2, 0) is 11.0 Å². The first-order valence-corrected chi connectivity index (χ1v) is 5.57. The molecule has 0 amide bonds. The van der Waals surface area contributed by atoms with E-state index in [1.807, 2.05) is 23.4 Å². The van der Waals surface area contributed by atoms with Crippen LogP contribution in [0.3, 0.4) is 0 Å². The van der Waals surface area contributed by atoms with Crippen molar-refractivity contribution < 1.29 is 4.21 Å². The molecule has 0 spiro atoms. The Labute approximate surface area is 82.2 Å². The van der Waals surface area contributed by atoms with E-state index in [4.69, 9.17) is 0 Å². The van der Waals surface area contributed by atoms with Crippen LogP contribution in [0.5, 0.6) is 0 Å². The molecule has 13 heavy (non-hydrogen) atoms. The molecule has 1 aliphatic rings. The largest absolute Gasteiger partial charge is 0.292 e. The highest BCUT2D eigenvalue weighted by atomic mass is 32.2. The Hall–Kier alpha value is -0.830. The van der Waals surface area contributed by atoms with E-state index in [2.05, 4.69) is 13.2 Å². The van der Waals surface area contributed by atoms with Gasteiger partial charge in [-0.15, -0.1) is 0 Å². The fourth-order valence-electron chi connectivity index (χ4n) is 1.14. The highest BCUT2D eigenvalue weighted by Crippen LogP contribution is 2.15. The smallest absolute Gasteiger partial charge is 0.119 e. The molecule has 1 rings (SSSR count). The van der Waals surface area contributed by atoms with Gasteiger partial charge in [-0.05, 0) is 19.4 Å². The lowest BCUT2D eigenvalue weighted by Gasteiger charge is -2.15. The van der Waals surface area contributed by atoms with Crippen LogP contribution in [0.2, 0.25) is 0 Å². The lowest BCUT2D eigenvalue weighted by Crippen LogP contribution is -2.17. The predicted molar refractivity (Wildman–Crippen MR) is 57.4 cm³/mol. The second kappa shape index (κ2) is 4.42. The quantitative estimate of drug-likeness (QED) is 0.634. The molecule has 1 fully saturated rings. The van der Waals surface area contributed by atoms with Gasteiger partial charge < -0.3 is 0 Å². The zero-order valence-corrected chi connectivity index (χ0v) is 8.77. The Bertz CT molecular complexity index is 281. The highest BCUT2D eigenvalue weighted by Gasteiger charge is 2.19. The Kier molecular flexibility index (Phi) is 3.48. The molecule has 0 aromatic carbocycles. The monoisotopic (exact) mass is 197 g/mol. The molecule has 1 atom stereocenters. The molecule has 1 unspecified atom stereocenters. The first-order chi connectivity index (χ1) is 6.11. The van der Waals surface area contributed by atoms with Crippen LogP contribution in [0.4, 0.5) is 0 Å². The zero-order chi connectivity index (χ0) is 9.84. The van der Waals surface area contributed by atoms with Gasteiger partial charge in [-0.1, -0.05) is 24.8 Å². The van der Waals surface area contributed by atoms with Gasteiger partial charge in [0.05, 0.1) is 0 Å². The van der Waals surface area contributed by atoms with Crippen LogP contribution in [0.25, 0.3) is 0 Å². The van der Waals surface area contributed by atoms with Crippen molar-refractivity contribution in [2.24, 2.45) is 0 Å². The first-order valence-electron chi connectivity index (χ1n) is 4.30. The van der Waals surface area contributed by atoms with Crippen molar-refractivity contribution >= 4 is 11.0 Å². The van der Waals surface area contributed by atoms with Crippen LogP contribution >= 0.6 is 0 Å². The van der Waals surface area contributed by atoms with E-state index < -0.39 is 11.0 Å². The molecular weight excluding hydrogens is 182 g/mol. The van der Waals surface area contributed by atoms with Crippen molar-refractivity contribution in [3.8, 4) is 0 Å². The summed E-state index contributed by atoms with van der Waals surface area (Å²) in [6, 6.07) is 0. The average Bonchev–Trinajstić information content (AvgIpc) is 2.47. The van der Waals surface area contributed by atoms with Crippen LogP contribution in [0.1, 0.15) is 13.3 Å². The van der Waals surface area contributed by atoms with E-state index in [0.717, 1.165) is 30.0 Å². The molecule has 1 heterocycles. The lowest BCUT2D eigenvalue weighted by molar-refractivity contribution is 0.579. The van der Waals surface area contributed by atoms with Crippen LogP contribution < -0.4 is 0 Å². The molecular formula is C10H15NOS. The van der Waals surface area contributed by atoms with Crippen LogP contribution in [-0.4, -0.2) is 20.8 Å². The van der Waals surface area contributed by atoms with Gasteiger partial charge in [0.25, 0.3) is 0 Å². The predicted octanol–water partition coefficient (Wildman–Crippen LogP) is 2.00. The summed E-state index contributed by atoms with van der Waals surface area (Å²) in [6.07, 6.45) is 4.75. The van der Waals surface area contributed by atoms with Crippen molar-refractivity contribution in [3.63, 3.8) is 0 Å². The minimum Gasteiger partial charge on any atom is -0.292 e. The Morgan fingerprint density at radius 3 is 2.62 bits per heavy atom. The van der Waals surface area contributed by atoms with Crippen LogP contribution in [0.15, 0.2) is 36.6 Å². The number of hydrogen-bond acceptors (Lipinski definition) is 1. The summed E-state index contributed by atoms with van der Waals surface area (Å²) in [5, 5.41) is 0. The van der Waals surface area contributed by atoms with E-state index in [1.54, 1.807) is 0 Å². The van der Waals surface area contributed by atoms with E-state index in [1.165, 1.54) is 0 Å². The standard InChI is InChI=1S/C10H15NOS/c1-9(2)5-6-10(3)11-7-4-8-13(11)12/h5-6H,1,3-4,7-8H2,2H3/b6-5-. The summed E-state index contributed by atoms with van der Waals surface area (Å²) >= 11 is 0. The summed E-state index contributed by atoms with van der Waals surface area (Å²) in [6.45, 7) is 10.4. The van der Waals surface area contributed by atoms with Gasteiger partial charge in [-0.25, -0.2) is 4.21 Å². The minimum atomic E-state index is -0.853. The third-order valence-electron chi connectivity index (χ3n) is 1.81. The van der Waals surface area contributed by atoms with Crippen molar-refractivity contribution in [2.45, 2.75) is 13.3 Å². The normalized spacial score (nSPS) is 22.5. The molecule has 0 saturated carbocycles. The molecule has 3 heteroatoms. The fourth-order valence-corrected chi connectivity index (χ4v) is 2.39. The summed E-state index contributed by atoms with van der Waals surface area (Å²) in [4.78, 5) is 0. The summed E-state index contributed by atoms with van der Waals surface area (Å²) in [5.74, 6) is 0.764. The highest BCUT2D eigenvalue weighted by molar-refractivity contribution is 7.83. The molecule has 0 aromatic rings. The molecule has 0 radical (unpaired) electrons. The third-order valence-corrected chi connectivity index (χ3v) is 3.35. The van der Waals surface area contributed by atoms with E-state index in [-0.39, 0.29) is 0 Å². The molecule has 0 bridgehead atoms. The van der Waals surface area contributed by atoms with Crippen molar-refractivity contribution in [2.75, 3.05) is 12.3 Å². The zero-order valence-electron chi connectivity index (χ0n) is 7.95. The molecule has 0 aliphatic carbocycles. The van der Waals surface area contributed by atoms with Gasteiger partial charge in [0.2, 0.25) is 0 Å². The maximum Gasteiger partial charge on any atom is 0.119 e. The maximum atomic E-state index is 11.4. The molecule has 0 N–H and O–H groups in total. The first kappa shape index (κ1) is 10.3. The number of hydrogen-bond donors (Lipinski definition) is 0. The SMILES string of the molecule is C=C(C)/C=C\C(=C)N1CCCS1=O. The van der Waals surface area contributed by atoms with Gasteiger partial charge in [0, 0.05) is 18.0 Å². The summed E-state index contributed by atoms with van der Waals surface area (Å²) in [5.41, 5.74) is 1.80. The minimum absolute atomic E-state index is 0.764. The number of rotatable bonds is 3. The fraction of sp³-hybridized carbons (Fsp3) is 0.400. The lowest BCUT2D eigenvalue weighted by atomic mass is 10.3. The van der Waals surface area contributed by atoms with Crippen molar-refractivity contribution in [1.82, 2.24) is 4.31 Å². The summed E-state index contributed by atoms with van der Waals surface area (Å²) < 4.78 is 13.2. The maximum absolute atomic E-state index is 11.4. The van der Waals surface area contributed by atoms with Gasteiger partial charge in [0.15, 0.2) is 0 Å². The second-order valence-corrected chi connectivity index (χ2v) is 4.64. The molecule has 2 nitrogen and oxygen atoms in total. The van der Waals surface area contributed by atoms with Gasteiger partial charge >= 0.3 is 0 Å². The average molecular weight is 197 g/mol. The molecule has 0 aromatic heterocycles. The molecule has 1 saturated heterocycles. The second-order valence-electron chi connectivity index (χ2n) is 3.15. The Balaban J connectivity index is 2.57.